The number of hydrogen-bond donors (Lipinski definition) is 0. The van der Waals surface area contributed by atoms with Crippen LogP contribution in [0.2, 0.25) is 5.02 Å². The van der Waals surface area contributed by atoms with E-state index in [0.29, 0.717) is 0 Å². The van der Waals surface area contributed by atoms with E-state index < -0.39 is 0 Å². The Kier molecular flexibility index (Phi) is 3.40. The van der Waals surface area contributed by atoms with E-state index in [1.807, 2.05) is 6.07 Å². The molecule has 0 aliphatic heterocycles. The van der Waals surface area contributed by atoms with Crippen LogP contribution in [0.25, 0.3) is 0 Å². The Morgan fingerprint density at radius 1 is 1.21 bits per heavy atom. The van der Waals surface area contributed by atoms with E-state index in [9.17, 15) is 0 Å². The molecule has 0 radical (unpaired) electrons. The molecule has 0 unspecified atom stereocenters. The van der Waals surface area contributed by atoms with Gasteiger partial charge in [0.05, 0.1) is 0 Å². The Morgan fingerprint density at radius 3 is 2.57 bits per heavy atom. The highest BCUT2D eigenvalue weighted by Gasteiger charge is 2.17. The molecule has 0 amide bonds. The molecule has 0 saturated heterocycles. The molecule has 76 valence electrons. The Morgan fingerprint density at radius 2 is 1.93 bits per heavy atom. The molecule has 2 heteroatoms. The average Bonchev–Trinajstić information content (AvgIpc) is 2.69. The first-order chi connectivity index (χ1) is 6.79. The van der Waals surface area contributed by atoms with Gasteiger partial charge in [0.1, 0.15) is 0 Å². The smallest absolute Gasteiger partial charge is 0.0419 e. The third-order valence-corrected chi connectivity index (χ3v) is 3.88. The number of rotatable bonds is 2. The van der Waals surface area contributed by atoms with Gasteiger partial charge in [0.25, 0.3) is 0 Å². The lowest BCUT2D eigenvalue weighted by Gasteiger charge is -2.11. The van der Waals surface area contributed by atoms with Crippen LogP contribution in [0.15, 0.2) is 23.1 Å². The Balaban J connectivity index is 2.27. The molecule has 0 aromatic heterocycles. The first-order valence-corrected chi connectivity index (χ1v) is 6.74. The van der Waals surface area contributed by atoms with Gasteiger partial charge in [-0.1, -0.05) is 24.4 Å². The molecule has 0 heterocycles. The summed E-state index contributed by atoms with van der Waals surface area (Å²) in [6, 6.07) is 6.48. The van der Waals surface area contributed by atoms with Crippen LogP contribution in [0, 0.1) is 0 Å². The minimum absolute atomic E-state index is 0.764. The van der Waals surface area contributed by atoms with E-state index in [-0.39, 0.29) is 0 Å². The number of halogens is 1. The predicted octanol–water partition coefficient (Wildman–Crippen LogP) is 4.72. The van der Waals surface area contributed by atoms with Crippen molar-refractivity contribution in [1.82, 2.24) is 0 Å². The minimum atomic E-state index is 0.764. The van der Waals surface area contributed by atoms with Crippen LogP contribution in [0.4, 0.5) is 0 Å². The fourth-order valence-electron chi connectivity index (χ4n) is 2.20. The second kappa shape index (κ2) is 4.59. The maximum atomic E-state index is 6.09. The van der Waals surface area contributed by atoms with Crippen molar-refractivity contribution in [3.63, 3.8) is 0 Å². The zero-order valence-corrected chi connectivity index (χ0v) is 10.00. The van der Waals surface area contributed by atoms with Gasteiger partial charge in [-0.05, 0) is 48.8 Å². The van der Waals surface area contributed by atoms with Crippen LogP contribution in [0.5, 0.6) is 0 Å². The molecule has 0 spiro atoms. The molecule has 1 fully saturated rings. The van der Waals surface area contributed by atoms with Crippen LogP contribution in [0.3, 0.4) is 0 Å². The third-order valence-electron chi connectivity index (χ3n) is 2.96. The molecule has 0 N–H and O–H groups in total. The molecule has 0 bridgehead atoms. The Labute approximate surface area is 95.0 Å². The molecule has 0 nitrogen and oxygen atoms in total. The number of thioether (sulfide) groups is 1. The van der Waals surface area contributed by atoms with Crippen molar-refractivity contribution in [1.29, 1.82) is 0 Å². The summed E-state index contributed by atoms with van der Waals surface area (Å²) < 4.78 is 0. The normalized spacial score (nSPS) is 17.6. The average molecular weight is 227 g/mol. The van der Waals surface area contributed by atoms with Gasteiger partial charge >= 0.3 is 0 Å². The highest BCUT2D eigenvalue weighted by Crippen LogP contribution is 2.36. The van der Waals surface area contributed by atoms with Gasteiger partial charge in [-0.25, -0.2) is 0 Å². The minimum Gasteiger partial charge on any atom is -0.130 e. The Hall–Kier alpha value is -0.140. The first-order valence-electron chi connectivity index (χ1n) is 5.14. The molecule has 2 rings (SSSR count). The molecule has 1 aromatic carbocycles. The molecule has 1 aliphatic rings. The van der Waals surface area contributed by atoms with E-state index in [1.54, 1.807) is 11.8 Å². The van der Waals surface area contributed by atoms with E-state index in [0.717, 1.165) is 10.9 Å². The fraction of sp³-hybridized carbons (Fsp3) is 0.500. The van der Waals surface area contributed by atoms with Gasteiger partial charge in [-0.2, -0.15) is 0 Å². The van der Waals surface area contributed by atoms with Crippen LogP contribution < -0.4 is 0 Å². The van der Waals surface area contributed by atoms with E-state index in [2.05, 4.69) is 18.4 Å². The molecule has 1 aliphatic carbocycles. The lowest BCUT2D eigenvalue weighted by molar-refractivity contribution is 0.721. The predicted molar refractivity (Wildman–Crippen MR) is 64.4 cm³/mol. The van der Waals surface area contributed by atoms with Crippen molar-refractivity contribution >= 4 is 23.4 Å². The monoisotopic (exact) mass is 226 g/mol. The second-order valence-corrected chi connectivity index (χ2v) is 5.22. The molecule has 14 heavy (non-hydrogen) atoms. The zero-order valence-electron chi connectivity index (χ0n) is 8.42. The molecular weight excluding hydrogens is 212 g/mol. The zero-order chi connectivity index (χ0) is 9.97. The summed E-state index contributed by atoms with van der Waals surface area (Å²) in [6.45, 7) is 0. The largest absolute Gasteiger partial charge is 0.130 e. The van der Waals surface area contributed by atoms with Crippen LogP contribution >= 0.6 is 23.4 Å². The van der Waals surface area contributed by atoms with Crippen LogP contribution in [-0.4, -0.2) is 6.26 Å². The van der Waals surface area contributed by atoms with Crippen molar-refractivity contribution < 1.29 is 0 Å². The molecule has 1 saturated carbocycles. The molecular formula is C12H15ClS. The van der Waals surface area contributed by atoms with Crippen molar-refractivity contribution in [2.45, 2.75) is 36.5 Å². The summed E-state index contributed by atoms with van der Waals surface area (Å²) in [6.07, 6.45) is 7.55. The Bertz CT molecular complexity index is 316. The maximum absolute atomic E-state index is 6.09. The summed E-state index contributed by atoms with van der Waals surface area (Å²) in [5.41, 5.74) is 1.44. The number of benzene rings is 1. The standard InChI is InChI=1S/C12H15ClS/c1-14-12-7-10(6-11(13)8-12)9-4-2-3-5-9/h6-9H,2-5H2,1H3. The van der Waals surface area contributed by atoms with E-state index >= 15 is 0 Å². The fourth-order valence-corrected chi connectivity index (χ4v) is 3.00. The topological polar surface area (TPSA) is 0 Å². The SMILES string of the molecule is CSc1cc(Cl)cc(C2CCCC2)c1. The van der Waals surface area contributed by atoms with Gasteiger partial charge in [0, 0.05) is 9.92 Å². The van der Waals surface area contributed by atoms with Gasteiger partial charge in [-0.3, -0.25) is 0 Å². The maximum Gasteiger partial charge on any atom is 0.0419 e. The highest BCUT2D eigenvalue weighted by atomic mass is 35.5. The van der Waals surface area contributed by atoms with Gasteiger partial charge in [-0.15, -0.1) is 11.8 Å². The summed E-state index contributed by atoms with van der Waals surface area (Å²) in [5.74, 6) is 0.764. The van der Waals surface area contributed by atoms with Gasteiger partial charge in [0.2, 0.25) is 0 Å². The van der Waals surface area contributed by atoms with Crippen LogP contribution in [0.1, 0.15) is 37.2 Å². The highest BCUT2D eigenvalue weighted by molar-refractivity contribution is 7.98. The number of hydrogen-bond acceptors (Lipinski definition) is 1. The van der Waals surface area contributed by atoms with Crippen LogP contribution in [-0.2, 0) is 0 Å². The lowest BCUT2D eigenvalue weighted by Crippen LogP contribution is -1.92. The van der Waals surface area contributed by atoms with Crippen molar-refractivity contribution in [3.05, 3.63) is 28.8 Å². The summed E-state index contributed by atoms with van der Waals surface area (Å²) >= 11 is 7.87. The third kappa shape index (κ3) is 2.26. The summed E-state index contributed by atoms with van der Waals surface area (Å²) in [4.78, 5) is 1.29. The molecule has 1 aromatic rings. The van der Waals surface area contributed by atoms with Crippen molar-refractivity contribution in [3.8, 4) is 0 Å². The van der Waals surface area contributed by atoms with Gasteiger partial charge in [0.15, 0.2) is 0 Å². The van der Waals surface area contributed by atoms with E-state index in [1.165, 1.54) is 36.1 Å². The van der Waals surface area contributed by atoms with Crippen molar-refractivity contribution in [2.24, 2.45) is 0 Å². The molecule has 0 atom stereocenters. The summed E-state index contributed by atoms with van der Waals surface area (Å²) in [5, 5.41) is 0.888. The van der Waals surface area contributed by atoms with Crippen molar-refractivity contribution in [2.75, 3.05) is 6.26 Å². The van der Waals surface area contributed by atoms with Gasteiger partial charge < -0.3 is 0 Å². The second-order valence-electron chi connectivity index (χ2n) is 3.91. The summed E-state index contributed by atoms with van der Waals surface area (Å²) in [7, 11) is 0. The quantitative estimate of drug-likeness (QED) is 0.658. The first kappa shape index (κ1) is 10.4. The lowest BCUT2D eigenvalue weighted by atomic mass is 9.98. The van der Waals surface area contributed by atoms with E-state index in [4.69, 9.17) is 11.6 Å².